The first-order chi connectivity index (χ1) is 9.31. The first-order valence-corrected chi connectivity index (χ1v) is 7.27. The lowest BCUT2D eigenvalue weighted by Gasteiger charge is -2.37. The van der Waals surface area contributed by atoms with Crippen LogP contribution in [0.2, 0.25) is 0 Å². The van der Waals surface area contributed by atoms with Gasteiger partial charge in [-0.05, 0) is 30.4 Å². The van der Waals surface area contributed by atoms with Gasteiger partial charge in [0.25, 0.3) is 0 Å². The van der Waals surface area contributed by atoms with Crippen molar-refractivity contribution in [2.24, 2.45) is 5.92 Å². The van der Waals surface area contributed by atoms with Crippen LogP contribution < -0.4 is 0 Å². The third kappa shape index (κ3) is 4.30. The number of likely N-dealkylation sites (tertiary alicyclic amines) is 1. The Hall–Kier alpha value is -0.900. The van der Waals surface area contributed by atoms with Gasteiger partial charge in [0.05, 0.1) is 19.8 Å². The summed E-state index contributed by atoms with van der Waals surface area (Å²) in [5.41, 5.74) is 1.48. The predicted molar refractivity (Wildman–Crippen MR) is 77.3 cm³/mol. The number of hydrogen-bond donors (Lipinski definition) is 1. The SMILES string of the molecule is CC1CN(CCOCCO)CCC1c1ccccc1. The molecule has 2 rings (SSSR count). The molecule has 0 bridgehead atoms. The summed E-state index contributed by atoms with van der Waals surface area (Å²) in [4.78, 5) is 2.47. The fourth-order valence-corrected chi connectivity index (χ4v) is 2.99. The van der Waals surface area contributed by atoms with Gasteiger partial charge in [0, 0.05) is 13.1 Å². The molecule has 2 atom stereocenters. The van der Waals surface area contributed by atoms with Gasteiger partial charge in [-0.2, -0.15) is 0 Å². The molecule has 1 saturated heterocycles. The number of piperidine rings is 1. The second-order valence-electron chi connectivity index (χ2n) is 5.42. The van der Waals surface area contributed by atoms with E-state index in [4.69, 9.17) is 9.84 Å². The Morgan fingerprint density at radius 2 is 2.05 bits per heavy atom. The van der Waals surface area contributed by atoms with Crippen molar-refractivity contribution >= 4 is 0 Å². The summed E-state index contributed by atoms with van der Waals surface area (Å²) in [6, 6.07) is 10.9. The van der Waals surface area contributed by atoms with Crippen LogP contribution in [0, 0.1) is 5.92 Å². The van der Waals surface area contributed by atoms with Crippen molar-refractivity contribution in [3.63, 3.8) is 0 Å². The van der Waals surface area contributed by atoms with Gasteiger partial charge in [0.15, 0.2) is 0 Å². The molecule has 1 fully saturated rings. The van der Waals surface area contributed by atoms with Gasteiger partial charge in [-0.25, -0.2) is 0 Å². The highest BCUT2D eigenvalue weighted by Gasteiger charge is 2.26. The molecule has 0 aliphatic carbocycles. The minimum atomic E-state index is 0.118. The number of rotatable bonds is 6. The summed E-state index contributed by atoms with van der Waals surface area (Å²) in [5.74, 6) is 1.38. The fraction of sp³-hybridized carbons (Fsp3) is 0.625. The topological polar surface area (TPSA) is 32.7 Å². The normalized spacial score (nSPS) is 24.5. The summed E-state index contributed by atoms with van der Waals surface area (Å²) < 4.78 is 5.34. The van der Waals surface area contributed by atoms with Crippen molar-refractivity contribution in [2.75, 3.05) is 39.5 Å². The van der Waals surface area contributed by atoms with E-state index in [1.807, 2.05) is 0 Å². The van der Waals surface area contributed by atoms with Crippen LogP contribution in [0.5, 0.6) is 0 Å². The van der Waals surface area contributed by atoms with Gasteiger partial charge < -0.3 is 14.7 Å². The number of ether oxygens (including phenoxy) is 1. The maximum atomic E-state index is 8.67. The molecular weight excluding hydrogens is 238 g/mol. The average molecular weight is 263 g/mol. The Morgan fingerprint density at radius 3 is 2.74 bits per heavy atom. The molecular formula is C16H25NO2. The van der Waals surface area contributed by atoms with Crippen LogP contribution in [-0.4, -0.2) is 49.5 Å². The quantitative estimate of drug-likeness (QED) is 0.798. The highest BCUT2D eigenvalue weighted by molar-refractivity contribution is 5.20. The van der Waals surface area contributed by atoms with E-state index >= 15 is 0 Å². The summed E-state index contributed by atoms with van der Waals surface area (Å²) in [7, 11) is 0. The van der Waals surface area contributed by atoms with Gasteiger partial charge in [0.2, 0.25) is 0 Å². The lowest BCUT2D eigenvalue weighted by atomic mass is 9.81. The molecule has 1 aromatic carbocycles. The van der Waals surface area contributed by atoms with Crippen molar-refractivity contribution in [1.82, 2.24) is 4.90 Å². The van der Waals surface area contributed by atoms with E-state index in [9.17, 15) is 0 Å². The molecule has 2 unspecified atom stereocenters. The number of hydrogen-bond acceptors (Lipinski definition) is 3. The van der Waals surface area contributed by atoms with Crippen molar-refractivity contribution in [2.45, 2.75) is 19.3 Å². The largest absolute Gasteiger partial charge is 0.394 e. The molecule has 3 heteroatoms. The third-order valence-electron chi connectivity index (χ3n) is 4.00. The van der Waals surface area contributed by atoms with E-state index in [-0.39, 0.29) is 6.61 Å². The number of aliphatic hydroxyl groups is 1. The van der Waals surface area contributed by atoms with E-state index in [1.54, 1.807) is 0 Å². The molecule has 0 saturated carbocycles. The molecule has 0 spiro atoms. The zero-order chi connectivity index (χ0) is 13.5. The Balaban J connectivity index is 1.78. The second-order valence-corrected chi connectivity index (χ2v) is 5.42. The molecule has 19 heavy (non-hydrogen) atoms. The van der Waals surface area contributed by atoms with Gasteiger partial charge >= 0.3 is 0 Å². The summed E-state index contributed by atoms with van der Waals surface area (Å²) in [5, 5.41) is 8.67. The zero-order valence-electron chi connectivity index (χ0n) is 11.8. The van der Waals surface area contributed by atoms with Gasteiger partial charge in [-0.15, -0.1) is 0 Å². The standard InChI is InChI=1S/C16H25NO2/c1-14-13-17(9-11-19-12-10-18)8-7-16(14)15-5-3-2-4-6-15/h2-6,14,16,18H,7-13H2,1H3. The van der Waals surface area contributed by atoms with Crippen LogP contribution >= 0.6 is 0 Å². The van der Waals surface area contributed by atoms with Gasteiger partial charge in [-0.1, -0.05) is 37.3 Å². The van der Waals surface area contributed by atoms with Crippen LogP contribution in [0.3, 0.4) is 0 Å². The Morgan fingerprint density at radius 1 is 1.26 bits per heavy atom. The zero-order valence-corrected chi connectivity index (χ0v) is 11.8. The van der Waals surface area contributed by atoms with Crippen LogP contribution in [0.25, 0.3) is 0 Å². The minimum Gasteiger partial charge on any atom is -0.394 e. The van der Waals surface area contributed by atoms with Crippen LogP contribution in [0.1, 0.15) is 24.8 Å². The smallest absolute Gasteiger partial charge is 0.0698 e. The molecule has 0 aromatic heterocycles. The maximum Gasteiger partial charge on any atom is 0.0698 e. The molecule has 0 radical (unpaired) electrons. The van der Waals surface area contributed by atoms with Crippen molar-refractivity contribution in [3.05, 3.63) is 35.9 Å². The lowest BCUT2D eigenvalue weighted by molar-refractivity contribution is 0.0608. The summed E-state index contributed by atoms with van der Waals surface area (Å²) in [6.45, 7) is 6.91. The highest BCUT2D eigenvalue weighted by Crippen LogP contribution is 2.32. The number of nitrogens with zero attached hydrogens (tertiary/aromatic N) is 1. The molecule has 3 nitrogen and oxygen atoms in total. The van der Waals surface area contributed by atoms with Crippen molar-refractivity contribution in [1.29, 1.82) is 0 Å². The van der Waals surface area contributed by atoms with E-state index in [1.165, 1.54) is 12.0 Å². The molecule has 1 aliphatic rings. The summed E-state index contributed by atoms with van der Waals surface area (Å²) in [6.07, 6.45) is 1.23. The molecule has 0 amide bonds. The van der Waals surface area contributed by atoms with Crippen molar-refractivity contribution < 1.29 is 9.84 Å². The summed E-state index contributed by atoms with van der Waals surface area (Å²) >= 11 is 0. The molecule has 1 aromatic rings. The van der Waals surface area contributed by atoms with Gasteiger partial charge in [0.1, 0.15) is 0 Å². The lowest BCUT2D eigenvalue weighted by Crippen LogP contribution is -2.40. The first kappa shape index (κ1) is 14.5. The highest BCUT2D eigenvalue weighted by atomic mass is 16.5. The third-order valence-corrected chi connectivity index (χ3v) is 4.00. The van der Waals surface area contributed by atoms with Crippen molar-refractivity contribution in [3.8, 4) is 0 Å². The van der Waals surface area contributed by atoms with Crippen LogP contribution in [0.15, 0.2) is 30.3 Å². The Labute approximate surface area is 116 Å². The van der Waals surface area contributed by atoms with Crippen LogP contribution in [0.4, 0.5) is 0 Å². The predicted octanol–water partition coefficient (Wildman–Crippen LogP) is 2.12. The maximum absolute atomic E-state index is 8.67. The molecule has 1 heterocycles. The van der Waals surface area contributed by atoms with E-state index < -0.39 is 0 Å². The molecule has 1 N–H and O–H groups in total. The number of benzene rings is 1. The van der Waals surface area contributed by atoms with Gasteiger partial charge in [-0.3, -0.25) is 0 Å². The Kier molecular flexibility index (Phi) is 5.83. The van der Waals surface area contributed by atoms with E-state index in [0.717, 1.165) is 26.2 Å². The monoisotopic (exact) mass is 263 g/mol. The average Bonchev–Trinajstić information content (AvgIpc) is 2.45. The Bertz CT molecular complexity index is 355. The first-order valence-electron chi connectivity index (χ1n) is 7.27. The molecule has 1 aliphatic heterocycles. The van der Waals surface area contributed by atoms with Crippen LogP contribution in [-0.2, 0) is 4.74 Å². The second kappa shape index (κ2) is 7.63. The molecule has 106 valence electrons. The van der Waals surface area contributed by atoms with E-state index in [0.29, 0.717) is 18.4 Å². The van der Waals surface area contributed by atoms with E-state index in [2.05, 4.69) is 42.2 Å². The number of aliphatic hydroxyl groups excluding tert-OH is 1. The minimum absolute atomic E-state index is 0.118. The fourth-order valence-electron chi connectivity index (χ4n) is 2.99.